The fourth-order valence-electron chi connectivity index (χ4n) is 3.45. The second kappa shape index (κ2) is 8.62. The van der Waals surface area contributed by atoms with Gasteiger partial charge >= 0.3 is 6.09 Å². The number of ether oxygens (including phenoxy) is 2. The van der Waals surface area contributed by atoms with Gasteiger partial charge in [0.2, 0.25) is 5.92 Å². The van der Waals surface area contributed by atoms with E-state index in [0.717, 1.165) is 11.3 Å². The molecular weight excluding hydrogens is 392 g/mol. The number of hydrogen-bond acceptors (Lipinski definition) is 4. The number of rotatable bonds is 5. The van der Waals surface area contributed by atoms with Crippen LogP contribution in [-0.2, 0) is 4.74 Å². The molecule has 1 saturated carbocycles. The summed E-state index contributed by atoms with van der Waals surface area (Å²) < 4.78 is 41.0. The zero-order chi connectivity index (χ0) is 21.9. The Bertz CT molecular complexity index is 859. The Morgan fingerprint density at radius 2 is 2.00 bits per heavy atom. The van der Waals surface area contributed by atoms with Crippen LogP contribution in [-0.4, -0.2) is 40.0 Å². The smallest absolute Gasteiger partial charge is 0.407 e. The first-order valence-corrected chi connectivity index (χ1v) is 10.1. The highest BCUT2D eigenvalue weighted by Gasteiger charge is 2.43. The van der Waals surface area contributed by atoms with Crippen molar-refractivity contribution in [3.63, 3.8) is 0 Å². The predicted molar refractivity (Wildman–Crippen MR) is 109 cm³/mol. The minimum absolute atomic E-state index is 0.0449. The third-order valence-corrected chi connectivity index (χ3v) is 4.89. The average molecular weight is 421 g/mol. The molecule has 6 nitrogen and oxygen atoms in total. The Morgan fingerprint density at radius 3 is 2.60 bits per heavy atom. The average Bonchev–Trinajstić information content (AvgIpc) is 3.07. The third-order valence-electron chi connectivity index (χ3n) is 4.89. The summed E-state index contributed by atoms with van der Waals surface area (Å²) in [6.07, 6.45) is 1.91. The number of alkyl carbamates (subject to hydrolysis) is 1. The molecular formula is C22H29F2N3O3. The van der Waals surface area contributed by atoms with Gasteiger partial charge in [-0.05, 0) is 63.9 Å². The van der Waals surface area contributed by atoms with E-state index in [1.54, 1.807) is 23.0 Å². The second-order valence-corrected chi connectivity index (χ2v) is 8.94. The Hall–Kier alpha value is -2.64. The van der Waals surface area contributed by atoms with Crippen LogP contribution in [0.4, 0.5) is 13.6 Å². The van der Waals surface area contributed by atoms with Crippen LogP contribution in [0.15, 0.2) is 36.7 Å². The molecule has 0 radical (unpaired) electrons. The Labute approximate surface area is 175 Å². The van der Waals surface area contributed by atoms with Crippen molar-refractivity contribution in [2.75, 3.05) is 6.61 Å². The molecule has 8 heteroatoms. The zero-order valence-electron chi connectivity index (χ0n) is 17.8. The molecule has 2 aromatic rings. The summed E-state index contributed by atoms with van der Waals surface area (Å²) in [6, 6.07) is 7.25. The van der Waals surface area contributed by atoms with E-state index < -0.39 is 29.6 Å². The third kappa shape index (κ3) is 6.18. The number of aryl methyl sites for hydroxylation is 1. The van der Waals surface area contributed by atoms with Gasteiger partial charge in [0.1, 0.15) is 11.9 Å². The normalized spacial score (nSPS) is 21.1. The minimum atomic E-state index is -2.78. The number of nitrogens with one attached hydrogen (secondary N) is 1. The molecule has 1 heterocycles. The summed E-state index contributed by atoms with van der Waals surface area (Å²) >= 11 is 0. The summed E-state index contributed by atoms with van der Waals surface area (Å²) in [5, 5.41) is 6.96. The lowest BCUT2D eigenvalue weighted by molar-refractivity contribution is -0.102. The first-order valence-electron chi connectivity index (χ1n) is 10.1. The Balaban J connectivity index is 1.62. The fourth-order valence-corrected chi connectivity index (χ4v) is 3.45. The maximum absolute atomic E-state index is 14.0. The van der Waals surface area contributed by atoms with Crippen LogP contribution in [0.5, 0.6) is 5.75 Å². The SMILES string of the molecule is Cc1cnn(-c2ccc(OC[C@@H]3CC(F)(F)CC[C@H]3OC(=O)NC(C)(C)C)cc2)c1. The van der Waals surface area contributed by atoms with Crippen molar-refractivity contribution in [2.24, 2.45) is 5.92 Å². The van der Waals surface area contributed by atoms with E-state index in [4.69, 9.17) is 9.47 Å². The van der Waals surface area contributed by atoms with Gasteiger partial charge in [0.05, 0.1) is 18.5 Å². The van der Waals surface area contributed by atoms with Gasteiger partial charge in [0, 0.05) is 30.5 Å². The zero-order valence-corrected chi connectivity index (χ0v) is 17.8. The summed E-state index contributed by atoms with van der Waals surface area (Å²) in [7, 11) is 0. The number of carbonyl (C=O) groups excluding carboxylic acids is 1. The molecule has 1 amide bonds. The molecule has 2 atom stereocenters. The van der Waals surface area contributed by atoms with Crippen LogP contribution in [0.2, 0.25) is 0 Å². The molecule has 1 fully saturated rings. The molecule has 1 aliphatic rings. The van der Waals surface area contributed by atoms with Crippen molar-refractivity contribution in [2.45, 2.75) is 64.5 Å². The quantitative estimate of drug-likeness (QED) is 0.747. The highest BCUT2D eigenvalue weighted by atomic mass is 19.3. The molecule has 0 spiro atoms. The number of halogens is 2. The number of alkyl halides is 2. The van der Waals surface area contributed by atoms with Crippen molar-refractivity contribution < 1.29 is 23.0 Å². The maximum Gasteiger partial charge on any atom is 0.407 e. The van der Waals surface area contributed by atoms with Crippen molar-refractivity contribution in [1.82, 2.24) is 15.1 Å². The van der Waals surface area contributed by atoms with E-state index in [0.29, 0.717) is 5.75 Å². The molecule has 3 rings (SSSR count). The molecule has 30 heavy (non-hydrogen) atoms. The lowest BCUT2D eigenvalue weighted by atomic mass is 9.84. The topological polar surface area (TPSA) is 65.4 Å². The van der Waals surface area contributed by atoms with Gasteiger partial charge in [0.25, 0.3) is 0 Å². The van der Waals surface area contributed by atoms with Gasteiger partial charge in [0.15, 0.2) is 0 Å². The molecule has 1 aliphatic carbocycles. The highest BCUT2D eigenvalue weighted by Crippen LogP contribution is 2.38. The molecule has 0 unspecified atom stereocenters. The van der Waals surface area contributed by atoms with Crippen molar-refractivity contribution in [3.8, 4) is 11.4 Å². The van der Waals surface area contributed by atoms with Crippen LogP contribution in [0.3, 0.4) is 0 Å². The van der Waals surface area contributed by atoms with Gasteiger partial charge in [-0.25, -0.2) is 18.3 Å². The first kappa shape index (κ1) is 22.1. The Kier molecular flexibility index (Phi) is 6.33. The van der Waals surface area contributed by atoms with Crippen molar-refractivity contribution in [1.29, 1.82) is 0 Å². The number of carbonyl (C=O) groups is 1. The molecule has 1 N–H and O–H groups in total. The van der Waals surface area contributed by atoms with E-state index in [2.05, 4.69) is 10.4 Å². The number of nitrogens with zero attached hydrogens (tertiary/aromatic N) is 2. The molecule has 0 saturated heterocycles. The van der Waals surface area contributed by atoms with Gasteiger partial charge in [-0.15, -0.1) is 0 Å². The van der Waals surface area contributed by atoms with E-state index in [1.807, 2.05) is 46.0 Å². The number of aromatic nitrogens is 2. The predicted octanol–water partition coefficient (Wildman–Crippen LogP) is 4.89. The van der Waals surface area contributed by atoms with Crippen LogP contribution in [0, 0.1) is 12.8 Å². The molecule has 0 bridgehead atoms. The molecule has 1 aromatic heterocycles. The molecule has 164 valence electrons. The number of benzene rings is 1. The minimum Gasteiger partial charge on any atom is -0.493 e. The number of amides is 1. The van der Waals surface area contributed by atoms with Crippen molar-refractivity contribution >= 4 is 6.09 Å². The van der Waals surface area contributed by atoms with Crippen LogP contribution < -0.4 is 10.1 Å². The number of hydrogen-bond donors (Lipinski definition) is 1. The van der Waals surface area contributed by atoms with Gasteiger partial charge < -0.3 is 14.8 Å². The lowest BCUT2D eigenvalue weighted by Gasteiger charge is -2.35. The molecule has 1 aromatic carbocycles. The van der Waals surface area contributed by atoms with Crippen LogP contribution in [0.1, 0.15) is 45.6 Å². The van der Waals surface area contributed by atoms with E-state index in [1.165, 1.54) is 0 Å². The second-order valence-electron chi connectivity index (χ2n) is 8.94. The van der Waals surface area contributed by atoms with E-state index in [9.17, 15) is 13.6 Å². The standard InChI is InChI=1S/C22H29F2N3O3/c1-15-12-25-27(13-15)17-5-7-18(8-6-17)29-14-16-11-22(23,24)10-9-19(16)30-20(28)26-21(2,3)4/h5-8,12-13,16,19H,9-11,14H2,1-4H3,(H,26,28)/t16-,19+/m0/s1. The summed E-state index contributed by atoms with van der Waals surface area (Å²) in [6.45, 7) is 7.50. The lowest BCUT2D eigenvalue weighted by Crippen LogP contribution is -2.46. The van der Waals surface area contributed by atoms with Crippen LogP contribution in [0.25, 0.3) is 5.69 Å². The maximum atomic E-state index is 14.0. The van der Waals surface area contributed by atoms with Gasteiger partial charge in [-0.1, -0.05) is 0 Å². The Morgan fingerprint density at radius 1 is 1.30 bits per heavy atom. The fraction of sp³-hybridized carbons (Fsp3) is 0.545. The van der Waals surface area contributed by atoms with E-state index in [-0.39, 0.29) is 25.9 Å². The monoisotopic (exact) mass is 421 g/mol. The van der Waals surface area contributed by atoms with Crippen LogP contribution >= 0.6 is 0 Å². The van der Waals surface area contributed by atoms with Crippen molar-refractivity contribution in [3.05, 3.63) is 42.2 Å². The molecule has 0 aliphatic heterocycles. The summed E-state index contributed by atoms with van der Waals surface area (Å²) in [5.74, 6) is -2.81. The van der Waals surface area contributed by atoms with Gasteiger partial charge in [-0.3, -0.25) is 0 Å². The first-order chi connectivity index (χ1) is 14.0. The summed E-state index contributed by atoms with van der Waals surface area (Å²) in [5.41, 5.74) is 1.46. The largest absolute Gasteiger partial charge is 0.493 e. The van der Waals surface area contributed by atoms with E-state index >= 15 is 0 Å². The highest BCUT2D eigenvalue weighted by molar-refractivity contribution is 5.68. The summed E-state index contributed by atoms with van der Waals surface area (Å²) in [4.78, 5) is 12.1. The van der Waals surface area contributed by atoms with Gasteiger partial charge in [-0.2, -0.15) is 5.10 Å².